The van der Waals surface area contributed by atoms with E-state index in [1.54, 1.807) is 0 Å². The molecule has 7 N–H and O–H groups in total. The zero-order valence-electron chi connectivity index (χ0n) is 45.7. The maximum Gasteiger partial charge on any atom is 0.306 e. The van der Waals surface area contributed by atoms with Crippen molar-refractivity contribution in [3.63, 3.8) is 0 Å². The molecule has 0 amide bonds. The monoisotopic (exact) mass is 1060 g/mol. The lowest BCUT2D eigenvalue weighted by Crippen LogP contribution is -2.61. The molecule has 14 heteroatoms. The van der Waals surface area contributed by atoms with Crippen LogP contribution in [-0.4, -0.2) is 142 Å². The third kappa shape index (κ3) is 33.5. The van der Waals surface area contributed by atoms with Crippen LogP contribution in [0.4, 0.5) is 0 Å². The first-order chi connectivity index (χ1) is 36.6. The van der Waals surface area contributed by atoms with E-state index < -0.39 is 86.7 Å². The zero-order valence-corrected chi connectivity index (χ0v) is 45.7. The number of esters is 1. The Labute approximate surface area is 451 Å². The van der Waals surface area contributed by atoms with Crippen LogP contribution in [-0.2, 0) is 33.2 Å². The average molecular weight is 1060 g/mol. The number of hydrogen-bond donors (Lipinski definition) is 7. The van der Waals surface area contributed by atoms with Crippen LogP contribution in [0.3, 0.4) is 0 Å². The van der Waals surface area contributed by atoms with E-state index in [-0.39, 0.29) is 19.6 Å². The van der Waals surface area contributed by atoms with Gasteiger partial charge in [0.1, 0.15) is 54.9 Å². The number of ether oxygens (including phenoxy) is 6. The Bertz CT molecular complexity index is 1650. The van der Waals surface area contributed by atoms with Gasteiger partial charge in [-0.15, -0.1) is 0 Å². The molecule has 0 aromatic rings. The van der Waals surface area contributed by atoms with Crippen LogP contribution < -0.4 is 0 Å². The van der Waals surface area contributed by atoms with E-state index in [2.05, 4.69) is 123 Å². The smallest absolute Gasteiger partial charge is 0.306 e. The van der Waals surface area contributed by atoms with E-state index in [0.717, 1.165) is 103 Å². The van der Waals surface area contributed by atoms with Gasteiger partial charge in [0.05, 0.1) is 26.4 Å². The minimum atomic E-state index is -1.72. The normalized spacial score (nSPS) is 25.5. The molecule has 2 aliphatic rings. The summed E-state index contributed by atoms with van der Waals surface area (Å²) in [7, 11) is 0. The highest BCUT2D eigenvalue weighted by Crippen LogP contribution is 2.26. The van der Waals surface area contributed by atoms with E-state index in [9.17, 15) is 40.5 Å². The SMILES string of the molecule is CC/C=C\C/C=C\C/C=C\C/C=C\C/C=C\C/C=C\C/C=C\CCCCOCC(COC1OC(COC2OC(CO)C(O)C(O)C2O)C(O)C(O)C1O)OC(=O)CCCCCCCCC/C=C\C/C=C\CCCCC. The molecule has 11 atom stereocenters. The van der Waals surface area contributed by atoms with Crippen LogP contribution in [0.15, 0.2) is 109 Å². The first-order valence-corrected chi connectivity index (χ1v) is 28.5. The Balaban J connectivity index is 1.76. The van der Waals surface area contributed by atoms with Gasteiger partial charge in [0, 0.05) is 13.0 Å². The molecule has 0 radical (unpaired) electrons. The van der Waals surface area contributed by atoms with Crippen LogP contribution in [0.2, 0.25) is 0 Å². The molecule has 0 aliphatic carbocycles. The number of rotatable bonds is 44. The summed E-state index contributed by atoms with van der Waals surface area (Å²) in [5.74, 6) is -0.404. The summed E-state index contributed by atoms with van der Waals surface area (Å²) in [6.45, 7) is 3.40. The quantitative estimate of drug-likeness (QED) is 0.0172. The summed E-state index contributed by atoms with van der Waals surface area (Å²) in [5.41, 5.74) is 0. The molecule has 2 rings (SSSR count). The maximum absolute atomic E-state index is 13.1. The number of hydrogen-bond acceptors (Lipinski definition) is 14. The molecule has 0 aromatic heterocycles. The van der Waals surface area contributed by atoms with Crippen LogP contribution >= 0.6 is 0 Å². The fourth-order valence-corrected chi connectivity index (χ4v) is 8.18. The maximum atomic E-state index is 13.1. The summed E-state index contributed by atoms with van der Waals surface area (Å²) in [6.07, 6.45) is 47.2. The summed E-state index contributed by atoms with van der Waals surface area (Å²) in [5, 5.41) is 72.3. The highest BCUT2D eigenvalue weighted by molar-refractivity contribution is 5.69. The van der Waals surface area contributed by atoms with Gasteiger partial charge >= 0.3 is 5.97 Å². The van der Waals surface area contributed by atoms with Crippen molar-refractivity contribution in [1.29, 1.82) is 0 Å². The minimum Gasteiger partial charge on any atom is -0.457 e. The molecule has 2 fully saturated rings. The second-order valence-electron chi connectivity index (χ2n) is 19.4. The zero-order chi connectivity index (χ0) is 54.4. The molecule has 2 saturated heterocycles. The lowest BCUT2D eigenvalue weighted by atomic mass is 9.98. The fraction of sp³-hybridized carbons (Fsp3) is 0.689. The third-order valence-corrected chi connectivity index (χ3v) is 12.8. The standard InChI is InChI=1S/C61H100O14/c1-3-5-7-9-11-13-15-17-19-21-22-23-24-25-26-27-29-31-33-35-37-39-41-43-45-70-47-50(73-53(63)44-42-40-38-36-34-32-30-28-20-18-16-14-12-10-8-6-4-2)48-71-60-59(69)57(67)55(65)52(75-60)49-72-61-58(68)56(66)54(64)51(46-62)74-61/h5,7,11-14,17-20,22-23,25-26,29,31,35,37,50-52,54-62,64-69H,3-4,6,8-10,15-16,21,24,27-28,30,32-34,36,38-49H2,1-2H3/b7-5-,13-11-,14-12-,19-17-,20-18-,23-22-,26-25-,31-29-,37-35-. The van der Waals surface area contributed by atoms with Crippen LogP contribution in [0, 0.1) is 0 Å². The second-order valence-corrected chi connectivity index (χ2v) is 19.4. The van der Waals surface area contributed by atoms with E-state index in [0.29, 0.717) is 13.0 Å². The van der Waals surface area contributed by atoms with Crippen molar-refractivity contribution in [1.82, 2.24) is 0 Å². The van der Waals surface area contributed by atoms with E-state index in [1.807, 2.05) is 0 Å². The van der Waals surface area contributed by atoms with Gasteiger partial charge in [0.15, 0.2) is 12.6 Å². The number of carbonyl (C=O) groups excluding carboxylic acids is 1. The lowest BCUT2D eigenvalue weighted by molar-refractivity contribution is -0.332. The van der Waals surface area contributed by atoms with E-state index >= 15 is 0 Å². The number of aliphatic hydroxyl groups is 7. The molecule has 2 heterocycles. The molecular weight excluding hydrogens is 957 g/mol. The van der Waals surface area contributed by atoms with Crippen molar-refractivity contribution in [2.24, 2.45) is 0 Å². The first kappa shape index (κ1) is 67.8. The van der Waals surface area contributed by atoms with Gasteiger partial charge in [-0.1, -0.05) is 168 Å². The first-order valence-electron chi connectivity index (χ1n) is 28.5. The molecule has 75 heavy (non-hydrogen) atoms. The van der Waals surface area contributed by atoms with E-state index in [4.69, 9.17) is 28.4 Å². The average Bonchev–Trinajstić information content (AvgIpc) is 3.41. The highest BCUT2D eigenvalue weighted by Gasteiger charge is 2.47. The van der Waals surface area contributed by atoms with Gasteiger partial charge in [0.25, 0.3) is 0 Å². The Morgan fingerprint density at radius 3 is 1.36 bits per heavy atom. The van der Waals surface area contributed by atoms with Crippen LogP contribution in [0.25, 0.3) is 0 Å². The Kier molecular flexibility index (Phi) is 42.2. The molecule has 0 saturated carbocycles. The molecular formula is C61H100O14. The van der Waals surface area contributed by atoms with Crippen molar-refractivity contribution in [3.8, 4) is 0 Å². The molecule has 2 aliphatic heterocycles. The summed E-state index contributed by atoms with van der Waals surface area (Å²) in [6, 6.07) is 0. The van der Waals surface area contributed by atoms with E-state index in [1.165, 1.54) is 38.5 Å². The van der Waals surface area contributed by atoms with Gasteiger partial charge in [-0.2, -0.15) is 0 Å². The van der Waals surface area contributed by atoms with Gasteiger partial charge < -0.3 is 64.2 Å². The molecule has 11 unspecified atom stereocenters. The van der Waals surface area contributed by atoms with Gasteiger partial charge in [-0.3, -0.25) is 4.79 Å². The van der Waals surface area contributed by atoms with Crippen molar-refractivity contribution in [3.05, 3.63) is 109 Å². The van der Waals surface area contributed by atoms with Crippen LogP contribution in [0.5, 0.6) is 0 Å². The van der Waals surface area contributed by atoms with Crippen molar-refractivity contribution in [2.75, 3.05) is 33.0 Å². The molecule has 428 valence electrons. The van der Waals surface area contributed by atoms with Crippen molar-refractivity contribution < 1.29 is 69.0 Å². The largest absolute Gasteiger partial charge is 0.457 e. The predicted molar refractivity (Wildman–Crippen MR) is 297 cm³/mol. The number of allylic oxidation sites excluding steroid dienone is 18. The second kappa shape index (κ2) is 46.7. The Morgan fingerprint density at radius 2 is 0.867 bits per heavy atom. The summed E-state index contributed by atoms with van der Waals surface area (Å²) in [4.78, 5) is 13.1. The molecule has 14 nitrogen and oxygen atoms in total. The third-order valence-electron chi connectivity index (χ3n) is 12.8. The minimum absolute atomic E-state index is 0.0207. The topological polar surface area (TPSA) is 214 Å². The van der Waals surface area contributed by atoms with Gasteiger partial charge in [0.2, 0.25) is 0 Å². The molecule has 0 bridgehead atoms. The lowest BCUT2D eigenvalue weighted by Gasteiger charge is -2.42. The fourth-order valence-electron chi connectivity index (χ4n) is 8.18. The van der Waals surface area contributed by atoms with Gasteiger partial charge in [-0.25, -0.2) is 0 Å². The Hall–Kier alpha value is -3.35. The number of carbonyl (C=O) groups is 1. The summed E-state index contributed by atoms with van der Waals surface area (Å²) < 4.78 is 34.3. The number of aliphatic hydroxyl groups excluding tert-OH is 7. The Morgan fingerprint density at radius 1 is 0.453 bits per heavy atom. The highest BCUT2D eigenvalue weighted by atomic mass is 16.7. The van der Waals surface area contributed by atoms with Crippen LogP contribution in [0.1, 0.15) is 168 Å². The molecule has 0 aromatic carbocycles. The predicted octanol–water partition coefficient (Wildman–Crippen LogP) is 9.96. The molecule has 0 spiro atoms. The van der Waals surface area contributed by atoms with Gasteiger partial charge in [-0.05, 0) is 103 Å². The number of unbranched alkanes of at least 4 members (excludes halogenated alkanes) is 12. The van der Waals surface area contributed by atoms with Crippen molar-refractivity contribution in [2.45, 2.75) is 235 Å². The summed E-state index contributed by atoms with van der Waals surface area (Å²) >= 11 is 0. The van der Waals surface area contributed by atoms with Crippen molar-refractivity contribution >= 4 is 5.97 Å².